The van der Waals surface area contributed by atoms with Crippen molar-refractivity contribution >= 4 is 6.21 Å². The van der Waals surface area contributed by atoms with Crippen molar-refractivity contribution in [3.8, 4) is 0 Å². The molecule has 0 unspecified atom stereocenters. The summed E-state index contributed by atoms with van der Waals surface area (Å²) < 4.78 is 12.8. The lowest BCUT2D eigenvalue weighted by Gasteiger charge is -2.08. The topological polar surface area (TPSA) is 21.6 Å². The van der Waals surface area contributed by atoms with Crippen LogP contribution in [0.2, 0.25) is 0 Å². The third-order valence-electron chi connectivity index (χ3n) is 1.57. The van der Waals surface area contributed by atoms with Crippen molar-refractivity contribution in [3.63, 3.8) is 0 Å². The molecule has 0 aromatic heterocycles. The summed E-state index contributed by atoms with van der Waals surface area (Å²) in [5.74, 6) is -0.264. The van der Waals surface area contributed by atoms with Crippen molar-refractivity contribution in [2.75, 3.05) is 0 Å². The van der Waals surface area contributed by atoms with Gasteiger partial charge in [-0.2, -0.15) is 0 Å². The predicted octanol–water partition coefficient (Wildman–Crippen LogP) is 3.25. The first-order valence-electron chi connectivity index (χ1n) is 4.81. The highest BCUT2D eigenvalue weighted by molar-refractivity contribution is 5.63. The Morgan fingerprint density at radius 3 is 2.73 bits per heavy atom. The zero-order valence-corrected chi connectivity index (χ0v) is 9.25. The van der Waals surface area contributed by atoms with E-state index in [0.717, 1.165) is 5.56 Å². The van der Waals surface area contributed by atoms with Crippen LogP contribution in [0.3, 0.4) is 0 Å². The maximum Gasteiger partial charge on any atom is 0.142 e. The summed E-state index contributed by atoms with van der Waals surface area (Å²) in [7, 11) is 0. The van der Waals surface area contributed by atoms with Crippen LogP contribution in [-0.2, 0) is 11.4 Å². The average molecular weight is 208 g/mol. The van der Waals surface area contributed by atoms with Crippen LogP contribution in [0.25, 0.3) is 0 Å². The maximum atomic E-state index is 12.8. The lowest BCUT2D eigenvalue weighted by atomic mass is 10.00. The summed E-state index contributed by atoms with van der Waals surface area (Å²) >= 11 is 0. The van der Waals surface area contributed by atoms with Gasteiger partial charge in [0.05, 0.1) is 0 Å². The summed E-state index contributed by atoms with van der Waals surface area (Å²) in [5.41, 5.74) is 0.636. The zero-order valence-electron chi connectivity index (χ0n) is 9.25. The lowest BCUT2D eigenvalue weighted by molar-refractivity contribution is 0.129. The second-order valence-electron chi connectivity index (χ2n) is 4.36. The van der Waals surface area contributed by atoms with Gasteiger partial charge < -0.3 is 4.84 Å². The van der Waals surface area contributed by atoms with E-state index < -0.39 is 0 Å². The van der Waals surface area contributed by atoms with Crippen molar-refractivity contribution in [1.29, 1.82) is 0 Å². The summed E-state index contributed by atoms with van der Waals surface area (Å²) in [5, 5.41) is 3.70. The Bertz CT molecular complexity index is 342. The minimum Gasteiger partial charge on any atom is -0.391 e. The van der Waals surface area contributed by atoms with E-state index in [1.54, 1.807) is 12.1 Å². The highest BCUT2D eigenvalue weighted by atomic mass is 19.1. The highest BCUT2D eigenvalue weighted by Crippen LogP contribution is 2.09. The summed E-state index contributed by atoms with van der Waals surface area (Å²) in [6.07, 6.45) is 2.82. The molecule has 0 N–H and O–H groups in total. The van der Waals surface area contributed by atoms with Gasteiger partial charge in [0.25, 0.3) is 0 Å². The molecule has 3 heteroatoms. The Kier molecular flexibility index (Phi) is 3.83. The molecule has 1 rings (SSSR count). The van der Waals surface area contributed by atoms with Crippen molar-refractivity contribution in [2.45, 2.75) is 27.4 Å². The number of nitrogens with zero attached hydrogens (tertiary/aromatic N) is 1. The van der Waals surface area contributed by atoms with Crippen molar-refractivity contribution in [2.24, 2.45) is 10.6 Å². The fraction of sp³-hybridized carbons (Fsp3) is 0.417. The molecule has 0 saturated heterocycles. The largest absolute Gasteiger partial charge is 0.391 e. The van der Waals surface area contributed by atoms with Crippen LogP contribution in [0, 0.1) is 11.2 Å². The van der Waals surface area contributed by atoms with E-state index in [4.69, 9.17) is 4.84 Å². The Hall–Kier alpha value is -1.38. The van der Waals surface area contributed by atoms with Gasteiger partial charge in [-0.05, 0) is 17.7 Å². The number of rotatable bonds is 3. The molecule has 2 nitrogen and oxygen atoms in total. The van der Waals surface area contributed by atoms with Crippen LogP contribution in [0.1, 0.15) is 26.3 Å². The zero-order chi connectivity index (χ0) is 11.3. The number of hydrogen-bond donors (Lipinski definition) is 0. The van der Waals surface area contributed by atoms with Gasteiger partial charge in [-0.3, -0.25) is 0 Å². The van der Waals surface area contributed by atoms with Gasteiger partial charge in [-0.15, -0.1) is 0 Å². The minimum absolute atomic E-state index is 0.123. The van der Waals surface area contributed by atoms with Gasteiger partial charge in [-0.1, -0.05) is 38.1 Å². The summed E-state index contributed by atoms with van der Waals surface area (Å²) in [6, 6.07) is 6.25. The average Bonchev–Trinajstić information content (AvgIpc) is 2.11. The maximum absolute atomic E-state index is 12.8. The van der Waals surface area contributed by atoms with Gasteiger partial charge in [-0.25, -0.2) is 4.39 Å². The molecule has 0 spiro atoms. The first-order valence-corrected chi connectivity index (χ1v) is 4.81. The second-order valence-corrected chi connectivity index (χ2v) is 4.36. The molecule has 0 aliphatic heterocycles. The van der Waals surface area contributed by atoms with Gasteiger partial charge in [0, 0.05) is 5.41 Å². The molecular formula is C12H15FNO. The third kappa shape index (κ3) is 5.15. The van der Waals surface area contributed by atoms with Gasteiger partial charge in [0.15, 0.2) is 0 Å². The third-order valence-corrected chi connectivity index (χ3v) is 1.57. The SMILES string of the molecule is CC(C)(C)/[C]=N\OCc1cccc(F)c1. The quantitative estimate of drug-likeness (QED) is 0.552. The lowest BCUT2D eigenvalue weighted by Crippen LogP contribution is -2.06. The summed E-state index contributed by atoms with van der Waals surface area (Å²) in [4.78, 5) is 5.00. The fourth-order valence-corrected chi connectivity index (χ4v) is 0.903. The summed E-state index contributed by atoms with van der Waals surface area (Å²) in [6.45, 7) is 6.19. The van der Waals surface area contributed by atoms with Gasteiger partial charge >= 0.3 is 0 Å². The van der Waals surface area contributed by atoms with Crippen LogP contribution in [-0.4, -0.2) is 6.21 Å². The minimum atomic E-state index is -0.264. The van der Waals surface area contributed by atoms with E-state index in [1.807, 2.05) is 20.8 Å². The molecule has 81 valence electrons. The molecule has 0 saturated carbocycles. The first-order chi connectivity index (χ1) is 6.97. The molecule has 15 heavy (non-hydrogen) atoms. The Balaban J connectivity index is 2.42. The van der Waals surface area contributed by atoms with Crippen LogP contribution in [0.5, 0.6) is 0 Å². The second kappa shape index (κ2) is 4.91. The molecule has 0 bridgehead atoms. The molecule has 0 heterocycles. The molecule has 0 aliphatic rings. The Morgan fingerprint density at radius 2 is 2.13 bits per heavy atom. The van der Waals surface area contributed by atoms with E-state index in [1.165, 1.54) is 12.1 Å². The monoisotopic (exact) mass is 208 g/mol. The van der Waals surface area contributed by atoms with Gasteiger partial charge in [0.1, 0.15) is 18.6 Å². The molecule has 0 atom stereocenters. The van der Waals surface area contributed by atoms with Crippen LogP contribution < -0.4 is 0 Å². The molecule has 1 radical (unpaired) electrons. The van der Waals surface area contributed by atoms with Crippen molar-refractivity contribution in [1.82, 2.24) is 0 Å². The normalized spacial score (nSPS) is 12.0. The molecule has 0 amide bonds. The standard InChI is InChI=1S/C12H15FNO/c1-12(2,3)9-14-15-8-10-5-4-6-11(13)7-10/h4-7H,8H2,1-3H3. The smallest absolute Gasteiger partial charge is 0.142 e. The molecule has 0 fully saturated rings. The van der Waals surface area contributed by atoms with Crippen LogP contribution >= 0.6 is 0 Å². The fourth-order valence-electron chi connectivity index (χ4n) is 0.903. The van der Waals surface area contributed by atoms with E-state index in [0.29, 0.717) is 0 Å². The van der Waals surface area contributed by atoms with Crippen LogP contribution in [0.4, 0.5) is 4.39 Å². The first kappa shape index (κ1) is 11.7. The number of halogens is 1. The van der Waals surface area contributed by atoms with E-state index in [-0.39, 0.29) is 17.8 Å². The van der Waals surface area contributed by atoms with E-state index in [2.05, 4.69) is 11.4 Å². The molecule has 0 aliphatic carbocycles. The van der Waals surface area contributed by atoms with Crippen LogP contribution in [0.15, 0.2) is 29.4 Å². The Labute approximate surface area is 89.7 Å². The Morgan fingerprint density at radius 1 is 1.40 bits per heavy atom. The van der Waals surface area contributed by atoms with E-state index in [9.17, 15) is 4.39 Å². The van der Waals surface area contributed by atoms with Crippen molar-refractivity contribution < 1.29 is 9.23 Å². The predicted molar refractivity (Wildman–Crippen MR) is 58.1 cm³/mol. The highest BCUT2D eigenvalue weighted by Gasteiger charge is 2.06. The van der Waals surface area contributed by atoms with Crippen molar-refractivity contribution in [3.05, 3.63) is 35.6 Å². The molecular weight excluding hydrogens is 193 g/mol. The number of benzene rings is 1. The molecule has 1 aromatic carbocycles. The number of hydrogen-bond acceptors (Lipinski definition) is 2. The molecule has 1 aromatic rings. The van der Waals surface area contributed by atoms with Gasteiger partial charge in [0.2, 0.25) is 0 Å². The van der Waals surface area contributed by atoms with E-state index >= 15 is 0 Å².